The van der Waals surface area contributed by atoms with Gasteiger partial charge in [-0.05, 0) is 69.7 Å². The van der Waals surface area contributed by atoms with E-state index in [2.05, 4.69) is 10.2 Å². The van der Waals surface area contributed by atoms with E-state index in [1.807, 2.05) is 51.1 Å². The third kappa shape index (κ3) is 6.29. The second kappa shape index (κ2) is 12.0. The monoisotopic (exact) mass is 563 g/mol. The van der Waals surface area contributed by atoms with Gasteiger partial charge in [-0.2, -0.15) is 0 Å². The molecule has 2 N–H and O–H groups in total. The van der Waals surface area contributed by atoms with Crippen LogP contribution >= 0.6 is 11.8 Å². The van der Waals surface area contributed by atoms with Crippen molar-refractivity contribution in [3.63, 3.8) is 0 Å². The van der Waals surface area contributed by atoms with Crippen LogP contribution in [-0.4, -0.2) is 75.2 Å². The molecular weight excluding hydrogens is 522 g/mol. The first kappa shape index (κ1) is 28.8. The van der Waals surface area contributed by atoms with Gasteiger partial charge in [0.1, 0.15) is 0 Å². The molecule has 214 valence electrons. The van der Waals surface area contributed by atoms with Crippen molar-refractivity contribution in [3.8, 4) is 0 Å². The van der Waals surface area contributed by atoms with E-state index in [0.29, 0.717) is 28.7 Å². The SMILES string of the molecule is CC(C)(C)NC(=O)[C@@H]1CC2CCCCC2CN1CC(O)[C@H](CSc1ccccc1)N1C(=O)c2ccccc2C1=O. The molecule has 1 aliphatic carbocycles. The number of amides is 3. The lowest BCUT2D eigenvalue weighted by atomic mass is 9.72. The summed E-state index contributed by atoms with van der Waals surface area (Å²) in [5.74, 6) is 0.613. The average Bonchev–Trinajstić information content (AvgIpc) is 3.18. The normalized spacial score (nSPS) is 24.8. The number of hydrogen-bond acceptors (Lipinski definition) is 6. The Kier molecular flexibility index (Phi) is 8.69. The fraction of sp³-hybridized carbons (Fsp3) is 0.531. The quantitative estimate of drug-likeness (QED) is 0.361. The van der Waals surface area contributed by atoms with Crippen LogP contribution in [0.25, 0.3) is 0 Å². The van der Waals surface area contributed by atoms with Crippen LogP contribution in [0.4, 0.5) is 0 Å². The highest BCUT2D eigenvalue weighted by molar-refractivity contribution is 7.99. The number of aliphatic hydroxyl groups is 1. The van der Waals surface area contributed by atoms with Crippen LogP contribution in [-0.2, 0) is 4.79 Å². The average molecular weight is 564 g/mol. The summed E-state index contributed by atoms with van der Waals surface area (Å²) in [6.07, 6.45) is 4.44. The summed E-state index contributed by atoms with van der Waals surface area (Å²) >= 11 is 1.52. The number of rotatable bonds is 8. The zero-order chi connectivity index (χ0) is 28.4. The van der Waals surface area contributed by atoms with Gasteiger partial charge in [0.2, 0.25) is 5.91 Å². The number of fused-ring (bicyclic) bond motifs is 2. The number of imide groups is 1. The molecule has 3 unspecified atom stereocenters. The summed E-state index contributed by atoms with van der Waals surface area (Å²) < 4.78 is 0. The Morgan fingerprint density at radius 1 is 0.975 bits per heavy atom. The van der Waals surface area contributed by atoms with Gasteiger partial charge in [-0.25, -0.2) is 0 Å². The van der Waals surface area contributed by atoms with Crippen LogP contribution < -0.4 is 5.32 Å². The van der Waals surface area contributed by atoms with E-state index in [9.17, 15) is 19.5 Å². The van der Waals surface area contributed by atoms with E-state index in [1.54, 1.807) is 24.3 Å². The van der Waals surface area contributed by atoms with Gasteiger partial charge in [0.15, 0.2) is 0 Å². The largest absolute Gasteiger partial charge is 0.390 e. The molecule has 3 aliphatic rings. The van der Waals surface area contributed by atoms with Gasteiger partial charge in [0.25, 0.3) is 11.8 Å². The van der Waals surface area contributed by atoms with Gasteiger partial charge in [-0.1, -0.05) is 49.6 Å². The molecule has 2 aromatic carbocycles. The van der Waals surface area contributed by atoms with Crippen LogP contribution in [0.15, 0.2) is 59.5 Å². The molecule has 2 aromatic rings. The Morgan fingerprint density at radius 2 is 1.57 bits per heavy atom. The van der Waals surface area contributed by atoms with Gasteiger partial charge in [0, 0.05) is 29.3 Å². The van der Waals surface area contributed by atoms with Crippen molar-refractivity contribution in [1.82, 2.24) is 15.1 Å². The van der Waals surface area contributed by atoms with Crippen molar-refractivity contribution in [2.75, 3.05) is 18.8 Å². The molecule has 0 aromatic heterocycles. The molecule has 0 radical (unpaired) electrons. The van der Waals surface area contributed by atoms with Crippen LogP contribution in [0.5, 0.6) is 0 Å². The maximum Gasteiger partial charge on any atom is 0.261 e. The van der Waals surface area contributed by atoms with Gasteiger partial charge in [0.05, 0.1) is 29.3 Å². The number of piperidine rings is 1. The second-order valence-electron chi connectivity index (χ2n) is 12.5. The number of thioether (sulfide) groups is 1. The van der Waals surface area contributed by atoms with Crippen molar-refractivity contribution in [2.24, 2.45) is 11.8 Å². The lowest BCUT2D eigenvalue weighted by Gasteiger charge is -2.47. The molecule has 5 rings (SSSR count). The van der Waals surface area contributed by atoms with E-state index in [4.69, 9.17) is 0 Å². The highest BCUT2D eigenvalue weighted by Gasteiger charge is 2.45. The van der Waals surface area contributed by atoms with Crippen molar-refractivity contribution in [1.29, 1.82) is 0 Å². The van der Waals surface area contributed by atoms with E-state index in [-0.39, 0.29) is 35.8 Å². The first-order valence-electron chi connectivity index (χ1n) is 14.5. The number of aliphatic hydroxyl groups excluding tert-OH is 1. The van der Waals surface area contributed by atoms with Gasteiger partial charge >= 0.3 is 0 Å². The fourth-order valence-corrected chi connectivity index (χ4v) is 7.64. The Labute approximate surface area is 241 Å². The minimum Gasteiger partial charge on any atom is -0.390 e. The van der Waals surface area contributed by atoms with Crippen molar-refractivity contribution < 1.29 is 19.5 Å². The summed E-state index contributed by atoms with van der Waals surface area (Å²) in [5, 5.41) is 15.0. The number of nitrogens with zero attached hydrogens (tertiary/aromatic N) is 2. The van der Waals surface area contributed by atoms with Crippen molar-refractivity contribution in [3.05, 3.63) is 65.7 Å². The second-order valence-corrected chi connectivity index (χ2v) is 13.6. The third-order valence-corrected chi connectivity index (χ3v) is 9.60. The van der Waals surface area contributed by atoms with Crippen molar-refractivity contribution >= 4 is 29.5 Å². The zero-order valence-electron chi connectivity index (χ0n) is 23.7. The summed E-state index contributed by atoms with van der Waals surface area (Å²) in [6.45, 7) is 6.91. The van der Waals surface area contributed by atoms with Crippen molar-refractivity contribution in [2.45, 2.75) is 81.5 Å². The summed E-state index contributed by atoms with van der Waals surface area (Å²) in [5.41, 5.74) is 0.388. The maximum absolute atomic E-state index is 13.5. The molecule has 1 saturated carbocycles. The minimum atomic E-state index is -1.01. The lowest BCUT2D eigenvalue weighted by Crippen LogP contribution is -2.60. The van der Waals surface area contributed by atoms with E-state index in [1.165, 1.54) is 29.5 Å². The number of carbonyl (C=O) groups is 3. The molecule has 3 amide bonds. The van der Waals surface area contributed by atoms with Crippen LogP contribution in [0.3, 0.4) is 0 Å². The summed E-state index contributed by atoms with van der Waals surface area (Å²) in [6, 6.07) is 15.6. The highest BCUT2D eigenvalue weighted by atomic mass is 32.2. The zero-order valence-corrected chi connectivity index (χ0v) is 24.5. The first-order valence-corrected chi connectivity index (χ1v) is 15.5. The number of β-amino-alcohol motifs (C(OH)–C–C–N with tert-alkyl or cyclic N) is 1. The Morgan fingerprint density at radius 3 is 2.20 bits per heavy atom. The number of likely N-dealkylation sites (tertiary alicyclic amines) is 1. The number of nitrogens with one attached hydrogen (secondary N) is 1. The molecule has 2 heterocycles. The molecule has 7 nitrogen and oxygen atoms in total. The maximum atomic E-state index is 13.5. The number of hydrogen-bond donors (Lipinski definition) is 2. The Balaban J connectivity index is 1.40. The van der Waals surface area contributed by atoms with Gasteiger partial charge in [-0.15, -0.1) is 11.8 Å². The first-order chi connectivity index (χ1) is 19.1. The molecule has 0 bridgehead atoms. The lowest BCUT2D eigenvalue weighted by molar-refractivity contribution is -0.132. The molecule has 2 aliphatic heterocycles. The predicted molar refractivity (Wildman–Crippen MR) is 157 cm³/mol. The molecule has 40 heavy (non-hydrogen) atoms. The molecular formula is C32H41N3O4S. The van der Waals surface area contributed by atoms with Crippen LogP contribution in [0.1, 0.15) is 73.6 Å². The topological polar surface area (TPSA) is 90.0 Å². The number of benzene rings is 2. The highest BCUT2D eigenvalue weighted by Crippen LogP contribution is 2.39. The molecule has 0 spiro atoms. The van der Waals surface area contributed by atoms with Gasteiger partial charge < -0.3 is 10.4 Å². The summed E-state index contributed by atoms with van der Waals surface area (Å²) in [4.78, 5) is 44.9. The molecule has 8 heteroatoms. The number of carbonyl (C=O) groups excluding carboxylic acids is 3. The molecule has 2 fully saturated rings. The third-order valence-electron chi connectivity index (χ3n) is 8.49. The van der Waals surface area contributed by atoms with Gasteiger partial charge in [-0.3, -0.25) is 24.2 Å². The summed E-state index contributed by atoms with van der Waals surface area (Å²) in [7, 11) is 0. The van der Waals surface area contributed by atoms with Crippen LogP contribution in [0, 0.1) is 11.8 Å². The van der Waals surface area contributed by atoms with Crippen LogP contribution in [0.2, 0.25) is 0 Å². The Hall–Kier alpha value is -2.68. The molecule has 1 saturated heterocycles. The standard InChI is InChI=1S/C32H41N3O4S/c1-32(2,3)33-29(37)26-17-21-11-7-8-12-22(21)18-34(26)19-28(36)27(20-40-23-13-5-4-6-14-23)35-30(38)24-15-9-10-16-25(24)31(35)39/h4-6,9-10,13-16,21-22,26-28,36H,7-8,11-12,17-20H2,1-3H3,(H,33,37)/t21?,22?,26-,27-,28?/m0/s1. The molecule has 5 atom stereocenters. The predicted octanol–water partition coefficient (Wildman–Crippen LogP) is 4.60. The van der Waals surface area contributed by atoms with E-state index in [0.717, 1.165) is 30.7 Å². The smallest absolute Gasteiger partial charge is 0.261 e. The van der Waals surface area contributed by atoms with E-state index < -0.39 is 12.1 Å². The minimum absolute atomic E-state index is 0.0142. The fourth-order valence-electron chi connectivity index (χ4n) is 6.55. The van der Waals surface area contributed by atoms with E-state index >= 15 is 0 Å². The Bertz CT molecular complexity index is 1200.